The fourth-order valence-electron chi connectivity index (χ4n) is 10.1. The van der Waals surface area contributed by atoms with Crippen molar-refractivity contribution in [1.29, 1.82) is 0 Å². The molecule has 0 radical (unpaired) electrons. The van der Waals surface area contributed by atoms with E-state index in [1.807, 2.05) is 12.1 Å². The molecule has 0 saturated heterocycles. The lowest BCUT2D eigenvalue weighted by Crippen LogP contribution is -2.72. The Morgan fingerprint density at radius 3 is 1.05 bits per heavy atom. The number of hydrogen-bond acceptors (Lipinski definition) is 0. The van der Waals surface area contributed by atoms with E-state index in [0.29, 0.717) is 11.8 Å². The van der Waals surface area contributed by atoms with Crippen LogP contribution in [0.1, 0.15) is 76.6 Å². The third-order valence-electron chi connectivity index (χ3n) is 10.8. The molecule has 0 heteroatoms. The van der Waals surface area contributed by atoms with Gasteiger partial charge in [-0.3, -0.25) is 0 Å². The van der Waals surface area contributed by atoms with E-state index < -0.39 is 5.41 Å². The molecule has 0 N–H and O–H groups in total. The Morgan fingerprint density at radius 2 is 0.714 bits per heavy atom. The molecule has 4 aromatic carbocycles. The van der Waals surface area contributed by atoms with Gasteiger partial charge < -0.3 is 0 Å². The van der Waals surface area contributed by atoms with Crippen LogP contribution in [-0.4, -0.2) is 0 Å². The number of terminal acetylenes is 4. The van der Waals surface area contributed by atoms with Gasteiger partial charge in [0.1, 0.15) is 0 Å². The number of rotatable bonds is 4. The summed E-state index contributed by atoms with van der Waals surface area (Å²) in [4.78, 5) is 0. The molecule has 42 heavy (non-hydrogen) atoms. The summed E-state index contributed by atoms with van der Waals surface area (Å²) >= 11 is 0. The van der Waals surface area contributed by atoms with Gasteiger partial charge in [0.2, 0.25) is 0 Å². The molecular weight excluding hydrogens is 504 g/mol. The van der Waals surface area contributed by atoms with Crippen LogP contribution < -0.4 is 0 Å². The summed E-state index contributed by atoms with van der Waals surface area (Å²) in [6, 6.07) is 34.1. The van der Waals surface area contributed by atoms with E-state index in [0.717, 1.165) is 59.1 Å². The van der Waals surface area contributed by atoms with Crippen molar-refractivity contribution in [3.05, 3.63) is 142 Å². The van der Waals surface area contributed by atoms with E-state index in [1.54, 1.807) is 0 Å². The quantitative estimate of drug-likeness (QED) is 0.232. The van der Waals surface area contributed by atoms with Crippen molar-refractivity contribution < 1.29 is 0 Å². The molecule has 8 rings (SSSR count). The van der Waals surface area contributed by atoms with Crippen molar-refractivity contribution in [3.8, 4) is 49.4 Å². The van der Waals surface area contributed by atoms with Crippen molar-refractivity contribution in [2.75, 3.05) is 0 Å². The van der Waals surface area contributed by atoms with E-state index in [-0.39, 0.29) is 10.8 Å². The topological polar surface area (TPSA) is 0 Å². The maximum atomic E-state index is 6.37. The third-order valence-corrected chi connectivity index (χ3v) is 10.8. The minimum Gasteiger partial charge on any atom is -0.115 e. The van der Waals surface area contributed by atoms with Crippen molar-refractivity contribution in [3.63, 3.8) is 0 Å². The number of benzene rings is 4. The fraction of sp³-hybridized carbons (Fsp3) is 0.238. The highest BCUT2D eigenvalue weighted by molar-refractivity contribution is 5.68. The minimum atomic E-state index is -0.626. The standard InChI is InChI=1S/C42H32/c1-5-32-17-9-13-21-36(32)40-26-30-25-31(27-40)29-41(28-30,37-22-14-10-18-33(37)6-2)42(40,38-23-15-11-19-34(38)7-3)39-24-16-12-20-35(39)8-4/h1-4,9-24,30-31H,25-29H2. The lowest BCUT2D eigenvalue weighted by atomic mass is 9.28. The molecule has 0 spiro atoms. The molecule has 4 bridgehead atoms. The van der Waals surface area contributed by atoms with Crippen LogP contribution in [0.4, 0.5) is 0 Å². The Morgan fingerprint density at radius 1 is 0.429 bits per heavy atom. The van der Waals surface area contributed by atoms with Crippen LogP contribution >= 0.6 is 0 Å². The Kier molecular flexibility index (Phi) is 5.95. The van der Waals surface area contributed by atoms with Crippen molar-refractivity contribution in [1.82, 2.24) is 0 Å². The Labute approximate surface area is 250 Å². The van der Waals surface area contributed by atoms with Crippen LogP contribution in [0.15, 0.2) is 97.1 Å². The molecule has 4 aliphatic rings. The first-order chi connectivity index (χ1) is 20.6. The summed E-state index contributed by atoms with van der Waals surface area (Å²) in [6.07, 6.45) is 30.6. The highest BCUT2D eigenvalue weighted by Crippen LogP contribution is 2.77. The molecule has 0 nitrogen and oxygen atoms in total. The van der Waals surface area contributed by atoms with Crippen LogP contribution in [0, 0.1) is 61.2 Å². The van der Waals surface area contributed by atoms with Gasteiger partial charge in [-0.15, -0.1) is 25.7 Å². The average molecular weight is 537 g/mol. The molecule has 0 atom stereocenters. The van der Waals surface area contributed by atoms with E-state index >= 15 is 0 Å². The molecule has 4 saturated carbocycles. The third kappa shape index (κ3) is 3.20. The average Bonchev–Trinajstić information content (AvgIpc) is 3.04. The number of hydrogen-bond donors (Lipinski definition) is 0. The zero-order valence-corrected chi connectivity index (χ0v) is 23.7. The molecule has 200 valence electrons. The van der Waals surface area contributed by atoms with Gasteiger partial charge in [0.15, 0.2) is 0 Å². The van der Waals surface area contributed by atoms with Crippen molar-refractivity contribution >= 4 is 0 Å². The zero-order chi connectivity index (χ0) is 29.0. The molecule has 0 amide bonds. The zero-order valence-electron chi connectivity index (χ0n) is 23.7. The molecule has 4 fully saturated rings. The Balaban J connectivity index is 1.78. The minimum absolute atomic E-state index is 0.359. The van der Waals surface area contributed by atoms with E-state index in [4.69, 9.17) is 25.7 Å². The Hall–Kier alpha value is -4.88. The summed E-state index contributed by atoms with van der Waals surface area (Å²) in [5, 5.41) is 0. The predicted molar refractivity (Wildman–Crippen MR) is 172 cm³/mol. The first-order valence-corrected chi connectivity index (χ1v) is 14.8. The second-order valence-electron chi connectivity index (χ2n) is 12.5. The van der Waals surface area contributed by atoms with Crippen molar-refractivity contribution in [2.45, 2.75) is 48.3 Å². The molecule has 0 aliphatic heterocycles. The predicted octanol–water partition coefficient (Wildman–Crippen LogP) is 8.00. The van der Waals surface area contributed by atoms with Crippen LogP contribution in [-0.2, 0) is 16.2 Å². The van der Waals surface area contributed by atoms with Gasteiger partial charge in [-0.05, 0) is 90.5 Å². The molecule has 4 aliphatic carbocycles. The van der Waals surface area contributed by atoms with E-state index in [9.17, 15) is 0 Å². The summed E-state index contributed by atoms with van der Waals surface area (Å²) in [7, 11) is 0. The highest BCUT2D eigenvalue weighted by Gasteiger charge is 2.74. The maximum Gasteiger partial charge on any atom is 0.0421 e. The van der Waals surface area contributed by atoms with Crippen LogP contribution in [0.2, 0.25) is 0 Å². The summed E-state index contributed by atoms with van der Waals surface area (Å²) < 4.78 is 0. The van der Waals surface area contributed by atoms with Gasteiger partial charge in [-0.25, -0.2) is 0 Å². The molecule has 0 aromatic heterocycles. The first-order valence-electron chi connectivity index (χ1n) is 14.8. The summed E-state index contributed by atoms with van der Waals surface area (Å²) in [5.74, 6) is 13.4. The monoisotopic (exact) mass is 536 g/mol. The van der Waals surface area contributed by atoms with Gasteiger partial charge in [-0.1, -0.05) is 96.5 Å². The van der Waals surface area contributed by atoms with Crippen molar-refractivity contribution in [2.24, 2.45) is 11.8 Å². The molecule has 0 heterocycles. The molecule has 0 unspecified atom stereocenters. The fourth-order valence-corrected chi connectivity index (χ4v) is 10.1. The van der Waals surface area contributed by atoms with Gasteiger partial charge >= 0.3 is 0 Å². The Bertz CT molecular complexity index is 1740. The normalized spacial score (nSPS) is 26.4. The lowest BCUT2D eigenvalue weighted by molar-refractivity contribution is -0.0907. The lowest BCUT2D eigenvalue weighted by Gasteiger charge is -2.74. The second kappa shape index (κ2) is 9.60. The molecular formula is C42H32. The van der Waals surface area contributed by atoms with E-state index in [2.05, 4.69) is 109 Å². The SMILES string of the molecule is C#Cc1ccccc1C12CC3CC(C1)CC(c1ccccc1C#C)(C3)C2(c1ccccc1C#C)c1ccccc1C#C. The summed E-state index contributed by atoms with van der Waals surface area (Å²) in [5.41, 5.74) is 7.08. The van der Waals surface area contributed by atoms with Crippen LogP contribution in [0.3, 0.4) is 0 Å². The van der Waals surface area contributed by atoms with Gasteiger partial charge in [0.05, 0.1) is 0 Å². The van der Waals surface area contributed by atoms with Crippen LogP contribution in [0.25, 0.3) is 0 Å². The summed E-state index contributed by atoms with van der Waals surface area (Å²) in [6.45, 7) is 0. The van der Waals surface area contributed by atoms with E-state index in [1.165, 1.54) is 17.5 Å². The largest absolute Gasteiger partial charge is 0.115 e. The van der Waals surface area contributed by atoms with Gasteiger partial charge in [0.25, 0.3) is 0 Å². The first kappa shape index (κ1) is 26.0. The maximum absolute atomic E-state index is 6.37. The smallest absolute Gasteiger partial charge is 0.0421 e. The van der Waals surface area contributed by atoms with Crippen LogP contribution in [0.5, 0.6) is 0 Å². The molecule has 4 aromatic rings. The van der Waals surface area contributed by atoms with Gasteiger partial charge in [-0.2, -0.15) is 0 Å². The highest BCUT2D eigenvalue weighted by atomic mass is 14.8. The second-order valence-corrected chi connectivity index (χ2v) is 12.5. The van der Waals surface area contributed by atoms with Gasteiger partial charge in [0, 0.05) is 38.5 Å².